The lowest BCUT2D eigenvalue weighted by Crippen LogP contribution is -2.09. The second-order valence-corrected chi connectivity index (χ2v) is 6.32. The Morgan fingerprint density at radius 1 is 1.21 bits per heavy atom. The number of aryl methyl sites for hydroxylation is 1. The molecule has 0 radical (unpaired) electrons. The van der Waals surface area contributed by atoms with Crippen molar-refractivity contribution in [1.82, 2.24) is 0 Å². The van der Waals surface area contributed by atoms with Crippen LogP contribution in [0.1, 0.15) is 42.4 Å². The van der Waals surface area contributed by atoms with Crippen LogP contribution in [0.3, 0.4) is 0 Å². The predicted molar refractivity (Wildman–Crippen MR) is 97.4 cm³/mol. The van der Waals surface area contributed by atoms with Gasteiger partial charge in [0.05, 0.1) is 13.0 Å². The lowest BCUT2D eigenvalue weighted by atomic mass is 9.97. The highest BCUT2D eigenvalue weighted by Gasteiger charge is 2.25. The third-order valence-electron chi connectivity index (χ3n) is 4.65. The molecular formula is C21H25NO2. The van der Waals surface area contributed by atoms with E-state index in [1.807, 2.05) is 13.0 Å². The average Bonchev–Trinajstić information content (AvgIpc) is 2.98. The van der Waals surface area contributed by atoms with E-state index in [1.165, 1.54) is 22.4 Å². The fraction of sp³-hybridized carbons (Fsp3) is 0.381. The molecule has 1 aliphatic rings. The van der Waals surface area contributed by atoms with Gasteiger partial charge in [0.25, 0.3) is 0 Å². The van der Waals surface area contributed by atoms with Crippen LogP contribution in [0.4, 0.5) is 5.69 Å². The number of carbonyl (C=O) groups is 1. The van der Waals surface area contributed by atoms with Crippen LogP contribution in [0.15, 0.2) is 48.5 Å². The molecule has 0 heterocycles. The van der Waals surface area contributed by atoms with E-state index in [2.05, 4.69) is 47.8 Å². The van der Waals surface area contributed by atoms with Crippen molar-refractivity contribution in [2.75, 3.05) is 18.5 Å². The Morgan fingerprint density at radius 3 is 2.83 bits per heavy atom. The van der Waals surface area contributed by atoms with Crippen molar-refractivity contribution in [3.05, 3.63) is 65.2 Å². The third kappa shape index (κ3) is 4.16. The number of carbonyl (C=O) groups excluding carboxylic acids is 1. The molecule has 0 aliphatic heterocycles. The number of ether oxygens (including phenoxy) is 1. The van der Waals surface area contributed by atoms with Gasteiger partial charge in [0, 0.05) is 12.2 Å². The molecule has 3 heteroatoms. The van der Waals surface area contributed by atoms with Crippen LogP contribution in [0.25, 0.3) is 0 Å². The highest BCUT2D eigenvalue weighted by atomic mass is 16.5. The van der Waals surface area contributed by atoms with Crippen molar-refractivity contribution in [1.29, 1.82) is 0 Å². The molecule has 0 bridgehead atoms. The summed E-state index contributed by atoms with van der Waals surface area (Å²) in [5.41, 5.74) is 5.20. The van der Waals surface area contributed by atoms with Crippen molar-refractivity contribution < 1.29 is 9.53 Å². The standard InChI is InChI=1S/C21H25NO2/c1-2-24-21(23)15-18-9-8-17-14-19(10-11-20(17)18)22-13-12-16-6-4-3-5-7-16/h3-7,10-11,14,18,22H,2,8-9,12-13,15H2,1H3. The average molecular weight is 323 g/mol. The number of anilines is 1. The molecule has 0 aromatic heterocycles. The van der Waals surface area contributed by atoms with Gasteiger partial charge in [-0.05, 0) is 60.9 Å². The zero-order valence-corrected chi connectivity index (χ0v) is 14.3. The molecular weight excluding hydrogens is 298 g/mol. The highest BCUT2D eigenvalue weighted by molar-refractivity contribution is 5.71. The molecule has 1 N–H and O–H groups in total. The van der Waals surface area contributed by atoms with Gasteiger partial charge < -0.3 is 10.1 Å². The predicted octanol–water partition coefficient (Wildman–Crippen LogP) is 4.32. The number of hydrogen-bond acceptors (Lipinski definition) is 3. The van der Waals surface area contributed by atoms with E-state index < -0.39 is 0 Å². The quantitative estimate of drug-likeness (QED) is 0.771. The van der Waals surface area contributed by atoms with Crippen LogP contribution in [-0.4, -0.2) is 19.1 Å². The summed E-state index contributed by atoms with van der Waals surface area (Å²) in [7, 11) is 0. The Labute approximate surface area is 144 Å². The zero-order valence-electron chi connectivity index (χ0n) is 14.3. The Hall–Kier alpha value is -2.29. The van der Waals surface area contributed by atoms with Gasteiger partial charge in [-0.1, -0.05) is 36.4 Å². The van der Waals surface area contributed by atoms with Crippen molar-refractivity contribution in [3.8, 4) is 0 Å². The maximum absolute atomic E-state index is 11.7. The first-order valence-electron chi connectivity index (χ1n) is 8.82. The molecule has 3 nitrogen and oxygen atoms in total. The number of rotatable bonds is 7. The fourth-order valence-electron chi connectivity index (χ4n) is 3.44. The van der Waals surface area contributed by atoms with Crippen LogP contribution in [-0.2, 0) is 22.4 Å². The first kappa shape index (κ1) is 16.6. The minimum atomic E-state index is -0.0830. The number of nitrogens with one attached hydrogen (secondary N) is 1. The van der Waals surface area contributed by atoms with Gasteiger partial charge in [0.1, 0.15) is 0 Å². The van der Waals surface area contributed by atoms with Gasteiger partial charge in [-0.25, -0.2) is 0 Å². The minimum absolute atomic E-state index is 0.0830. The van der Waals surface area contributed by atoms with Crippen LogP contribution >= 0.6 is 0 Å². The summed E-state index contributed by atoms with van der Waals surface area (Å²) in [5.74, 6) is 0.234. The molecule has 2 aromatic rings. The maximum atomic E-state index is 11.7. The Bertz CT molecular complexity index is 681. The second-order valence-electron chi connectivity index (χ2n) is 6.32. The van der Waals surface area contributed by atoms with Gasteiger partial charge in [-0.15, -0.1) is 0 Å². The molecule has 1 aliphatic carbocycles. The molecule has 1 atom stereocenters. The first-order chi connectivity index (χ1) is 11.8. The van der Waals surface area contributed by atoms with E-state index in [0.29, 0.717) is 18.9 Å². The molecule has 0 saturated carbocycles. The summed E-state index contributed by atoms with van der Waals surface area (Å²) >= 11 is 0. The van der Waals surface area contributed by atoms with E-state index in [1.54, 1.807) is 0 Å². The fourth-order valence-corrected chi connectivity index (χ4v) is 3.44. The minimum Gasteiger partial charge on any atom is -0.466 e. The van der Waals surface area contributed by atoms with Gasteiger partial charge in [0.2, 0.25) is 0 Å². The molecule has 126 valence electrons. The summed E-state index contributed by atoms with van der Waals surface area (Å²) in [6.07, 6.45) is 3.61. The normalized spacial score (nSPS) is 15.8. The van der Waals surface area contributed by atoms with E-state index >= 15 is 0 Å². The SMILES string of the molecule is CCOC(=O)CC1CCc2cc(NCCc3ccccc3)ccc21. The molecule has 1 unspecified atom stereocenters. The number of fused-ring (bicyclic) bond motifs is 1. The summed E-state index contributed by atoms with van der Waals surface area (Å²) < 4.78 is 5.09. The molecule has 0 saturated heterocycles. The largest absolute Gasteiger partial charge is 0.466 e. The van der Waals surface area contributed by atoms with E-state index in [-0.39, 0.29) is 5.97 Å². The zero-order chi connectivity index (χ0) is 16.8. The van der Waals surface area contributed by atoms with Crippen molar-refractivity contribution >= 4 is 11.7 Å². The van der Waals surface area contributed by atoms with Crippen LogP contribution in [0.2, 0.25) is 0 Å². The lowest BCUT2D eigenvalue weighted by Gasteiger charge is -2.12. The lowest BCUT2D eigenvalue weighted by molar-refractivity contribution is -0.143. The third-order valence-corrected chi connectivity index (χ3v) is 4.65. The van der Waals surface area contributed by atoms with Gasteiger partial charge in [0.15, 0.2) is 0 Å². The number of benzene rings is 2. The smallest absolute Gasteiger partial charge is 0.306 e. The summed E-state index contributed by atoms with van der Waals surface area (Å²) in [6.45, 7) is 3.24. The van der Waals surface area contributed by atoms with Crippen LogP contribution < -0.4 is 5.32 Å². The number of esters is 1. The summed E-state index contributed by atoms with van der Waals surface area (Å²) in [6, 6.07) is 17.1. The van der Waals surface area contributed by atoms with Crippen molar-refractivity contribution in [2.45, 2.75) is 38.5 Å². The molecule has 3 rings (SSSR count). The van der Waals surface area contributed by atoms with Crippen molar-refractivity contribution in [2.24, 2.45) is 0 Å². The topological polar surface area (TPSA) is 38.3 Å². The van der Waals surface area contributed by atoms with Crippen LogP contribution in [0.5, 0.6) is 0 Å². The van der Waals surface area contributed by atoms with Gasteiger partial charge in [-0.3, -0.25) is 4.79 Å². The Kier molecular flexibility index (Phi) is 5.52. The summed E-state index contributed by atoms with van der Waals surface area (Å²) in [4.78, 5) is 11.7. The molecule has 24 heavy (non-hydrogen) atoms. The van der Waals surface area contributed by atoms with E-state index in [4.69, 9.17) is 4.74 Å². The van der Waals surface area contributed by atoms with Crippen molar-refractivity contribution in [3.63, 3.8) is 0 Å². The summed E-state index contributed by atoms with van der Waals surface area (Å²) in [5, 5.41) is 3.51. The molecule has 0 fully saturated rings. The maximum Gasteiger partial charge on any atom is 0.306 e. The second kappa shape index (κ2) is 8.00. The number of hydrogen-bond donors (Lipinski definition) is 1. The monoisotopic (exact) mass is 323 g/mol. The van der Waals surface area contributed by atoms with Gasteiger partial charge >= 0.3 is 5.97 Å². The van der Waals surface area contributed by atoms with E-state index in [9.17, 15) is 4.79 Å². The Balaban J connectivity index is 1.56. The molecule has 2 aromatic carbocycles. The Morgan fingerprint density at radius 2 is 2.04 bits per heavy atom. The highest BCUT2D eigenvalue weighted by Crippen LogP contribution is 2.37. The first-order valence-corrected chi connectivity index (χ1v) is 8.82. The van der Waals surface area contributed by atoms with E-state index in [0.717, 1.165) is 25.8 Å². The molecule has 0 amide bonds. The molecule has 0 spiro atoms. The van der Waals surface area contributed by atoms with Gasteiger partial charge in [-0.2, -0.15) is 0 Å². The van der Waals surface area contributed by atoms with Crippen LogP contribution in [0, 0.1) is 0 Å².